The minimum absolute atomic E-state index is 0.0153. The number of nitrogens with two attached hydrogens (primary N) is 1. The van der Waals surface area contributed by atoms with Crippen molar-refractivity contribution in [1.29, 1.82) is 0 Å². The summed E-state index contributed by atoms with van der Waals surface area (Å²) in [4.78, 5) is 14.3. The number of anilines is 2. The first-order valence-corrected chi connectivity index (χ1v) is 7.02. The lowest BCUT2D eigenvalue weighted by Crippen LogP contribution is -2.30. The van der Waals surface area contributed by atoms with Crippen molar-refractivity contribution in [1.82, 2.24) is 0 Å². The highest BCUT2D eigenvalue weighted by molar-refractivity contribution is 5.97. The lowest BCUT2D eigenvalue weighted by Gasteiger charge is -2.18. The zero-order valence-corrected chi connectivity index (χ0v) is 12.0. The zero-order valence-electron chi connectivity index (χ0n) is 12.0. The summed E-state index contributed by atoms with van der Waals surface area (Å²) in [5.41, 5.74) is 10.4. The summed E-state index contributed by atoms with van der Waals surface area (Å²) in [5.74, 6) is 0.146. The van der Waals surface area contributed by atoms with E-state index in [9.17, 15) is 9.90 Å². The van der Waals surface area contributed by atoms with Gasteiger partial charge in [-0.1, -0.05) is 24.3 Å². The van der Waals surface area contributed by atoms with Crippen molar-refractivity contribution < 1.29 is 9.90 Å². The first kappa shape index (κ1) is 13.5. The molecule has 0 saturated heterocycles. The number of aromatic hydroxyl groups is 1. The van der Waals surface area contributed by atoms with E-state index < -0.39 is 0 Å². The molecule has 0 aliphatic carbocycles. The first-order valence-electron chi connectivity index (χ1n) is 7.02. The first-order chi connectivity index (χ1) is 10.1. The van der Waals surface area contributed by atoms with E-state index in [2.05, 4.69) is 6.07 Å². The number of carbonyl (C=O) groups is 1. The van der Waals surface area contributed by atoms with Crippen molar-refractivity contribution in [2.45, 2.75) is 19.8 Å². The highest BCUT2D eigenvalue weighted by Crippen LogP contribution is 2.32. The van der Waals surface area contributed by atoms with E-state index >= 15 is 0 Å². The number of fused-ring (bicyclic) bond motifs is 1. The van der Waals surface area contributed by atoms with Gasteiger partial charge in [0.05, 0.1) is 6.42 Å². The molecule has 1 amide bonds. The van der Waals surface area contributed by atoms with Crippen LogP contribution >= 0.6 is 0 Å². The summed E-state index contributed by atoms with van der Waals surface area (Å²) in [6.07, 6.45) is 1.04. The topological polar surface area (TPSA) is 66.6 Å². The van der Waals surface area contributed by atoms with E-state index in [-0.39, 0.29) is 18.1 Å². The molecule has 1 aliphatic rings. The third kappa shape index (κ3) is 2.44. The lowest BCUT2D eigenvalue weighted by atomic mass is 10.1. The predicted molar refractivity (Wildman–Crippen MR) is 83.5 cm³/mol. The van der Waals surface area contributed by atoms with Crippen LogP contribution in [0.2, 0.25) is 0 Å². The molecular formula is C17H18N2O2. The van der Waals surface area contributed by atoms with Gasteiger partial charge in [0.25, 0.3) is 0 Å². The normalized spacial score (nSPS) is 13.3. The van der Waals surface area contributed by atoms with Crippen LogP contribution in [0.25, 0.3) is 0 Å². The fraction of sp³-hybridized carbons (Fsp3) is 0.235. The molecule has 3 rings (SSSR count). The second-order valence-corrected chi connectivity index (χ2v) is 5.44. The van der Waals surface area contributed by atoms with Gasteiger partial charge < -0.3 is 15.7 Å². The number of hydrogen-bond acceptors (Lipinski definition) is 3. The number of benzene rings is 2. The average Bonchev–Trinajstić information content (AvgIpc) is 2.85. The Morgan fingerprint density at radius 1 is 1.33 bits per heavy atom. The third-order valence-electron chi connectivity index (χ3n) is 4.00. The van der Waals surface area contributed by atoms with Gasteiger partial charge in [-0.3, -0.25) is 4.79 Å². The minimum Gasteiger partial charge on any atom is -0.508 e. The van der Waals surface area contributed by atoms with Crippen molar-refractivity contribution in [2.24, 2.45) is 0 Å². The molecule has 4 nitrogen and oxygen atoms in total. The maximum Gasteiger partial charge on any atom is 0.231 e. The number of phenols is 1. The van der Waals surface area contributed by atoms with Crippen LogP contribution in [0, 0.1) is 6.92 Å². The maximum atomic E-state index is 12.5. The molecule has 0 saturated carbocycles. The third-order valence-corrected chi connectivity index (χ3v) is 4.00. The Labute approximate surface area is 123 Å². The monoisotopic (exact) mass is 282 g/mol. The fourth-order valence-corrected chi connectivity index (χ4v) is 2.75. The van der Waals surface area contributed by atoms with Gasteiger partial charge in [-0.15, -0.1) is 0 Å². The Morgan fingerprint density at radius 3 is 2.86 bits per heavy atom. The van der Waals surface area contributed by atoms with Gasteiger partial charge in [-0.25, -0.2) is 0 Å². The summed E-state index contributed by atoms with van der Waals surface area (Å²) < 4.78 is 0. The van der Waals surface area contributed by atoms with E-state index in [4.69, 9.17) is 5.73 Å². The quantitative estimate of drug-likeness (QED) is 0.831. The Morgan fingerprint density at radius 2 is 2.10 bits per heavy atom. The number of nitrogens with zero attached hydrogens (tertiary/aromatic N) is 1. The molecule has 0 fully saturated rings. The van der Waals surface area contributed by atoms with Crippen LogP contribution in [-0.4, -0.2) is 17.6 Å². The molecule has 0 unspecified atom stereocenters. The highest BCUT2D eigenvalue weighted by Gasteiger charge is 2.25. The molecule has 0 aromatic heterocycles. The van der Waals surface area contributed by atoms with E-state index in [1.165, 1.54) is 0 Å². The Hall–Kier alpha value is -2.49. The number of amides is 1. The molecule has 1 heterocycles. The van der Waals surface area contributed by atoms with E-state index in [0.717, 1.165) is 23.2 Å². The zero-order chi connectivity index (χ0) is 15.0. The van der Waals surface area contributed by atoms with E-state index in [0.29, 0.717) is 17.8 Å². The molecule has 0 spiro atoms. The number of nitrogen functional groups attached to an aromatic ring is 1. The molecule has 0 radical (unpaired) electrons. The molecule has 0 atom stereocenters. The number of rotatable bonds is 2. The second-order valence-electron chi connectivity index (χ2n) is 5.44. The predicted octanol–water partition coefficient (Wildman–Crippen LogP) is 2.41. The van der Waals surface area contributed by atoms with Crippen LogP contribution in [0.15, 0.2) is 36.4 Å². The van der Waals surface area contributed by atoms with Crippen molar-refractivity contribution in [3.63, 3.8) is 0 Å². The van der Waals surface area contributed by atoms with Gasteiger partial charge in [0.1, 0.15) is 5.75 Å². The largest absolute Gasteiger partial charge is 0.508 e. The summed E-state index contributed by atoms with van der Waals surface area (Å²) in [5, 5.41) is 9.79. The summed E-state index contributed by atoms with van der Waals surface area (Å²) in [7, 11) is 0. The van der Waals surface area contributed by atoms with Gasteiger partial charge in [-0.2, -0.15) is 0 Å². The van der Waals surface area contributed by atoms with Gasteiger partial charge in [0.2, 0.25) is 5.91 Å². The number of para-hydroxylation sites is 1. The number of aryl methyl sites for hydroxylation is 1. The van der Waals surface area contributed by atoms with Crippen LogP contribution < -0.4 is 10.6 Å². The summed E-state index contributed by atoms with van der Waals surface area (Å²) in [6, 6.07) is 10.9. The summed E-state index contributed by atoms with van der Waals surface area (Å²) >= 11 is 0. The van der Waals surface area contributed by atoms with Gasteiger partial charge >= 0.3 is 0 Å². The smallest absolute Gasteiger partial charge is 0.231 e. The Balaban J connectivity index is 1.86. The molecule has 21 heavy (non-hydrogen) atoms. The van der Waals surface area contributed by atoms with Crippen LogP contribution in [0.1, 0.15) is 16.7 Å². The molecule has 2 aromatic rings. The Kier molecular flexibility index (Phi) is 3.29. The van der Waals surface area contributed by atoms with Crippen LogP contribution in [0.3, 0.4) is 0 Å². The second kappa shape index (κ2) is 5.13. The van der Waals surface area contributed by atoms with Crippen LogP contribution in [-0.2, 0) is 17.6 Å². The van der Waals surface area contributed by atoms with Crippen LogP contribution in [0.5, 0.6) is 5.75 Å². The molecular weight excluding hydrogens is 264 g/mol. The molecule has 0 bridgehead atoms. The SMILES string of the molecule is Cc1cc2c(cc1N)N(C(=O)Cc1ccccc1O)CC2. The van der Waals surface area contributed by atoms with Gasteiger partial charge in [0, 0.05) is 23.5 Å². The van der Waals surface area contributed by atoms with Crippen molar-refractivity contribution >= 4 is 17.3 Å². The van der Waals surface area contributed by atoms with Crippen LogP contribution in [0.4, 0.5) is 11.4 Å². The van der Waals surface area contributed by atoms with Crippen molar-refractivity contribution in [3.05, 3.63) is 53.1 Å². The fourth-order valence-electron chi connectivity index (χ4n) is 2.75. The molecule has 2 aromatic carbocycles. The number of phenolic OH excluding ortho intramolecular Hbond substituents is 1. The number of carbonyl (C=O) groups excluding carboxylic acids is 1. The molecule has 3 N–H and O–H groups in total. The molecule has 1 aliphatic heterocycles. The van der Waals surface area contributed by atoms with Gasteiger partial charge in [-0.05, 0) is 36.6 Å². The molecule has 108 valence electrons. The van der Waals surface area contributed by atoms with Crippen molar-refractivity contribution in [3.8, 4) is 5.75 Å². The van der Waals surface area contributed by atoms with Crippen molar-refractivity contribution in [2.75, 3.05) is 17.2 Å². The highest BCUT2D eigenvalue weighted by atomic mass is 16.3. The molecule has 4 heteroatoms. The van der Waals surface area contributed by atoms with Gasteiger partial charge in [0.15, 0.2) is 0 Å². The van der Waals surface area contributed by atoms with E-state index in [1.807, 2.05) is 19.1 Å². The lowest BCUT2D eigenvalue weighted by molar-refractivity contribution is -0.117. The summed E-state index contributed by atoms with van der Waals surface area (Å²) in [6.45, 7) is 2.65. The standard InChI is InChI=1S/C17H18N2O2/c1-11-8-12-6-7-19(15(12)10-14(11)18)17(21)9-13-4-2-3-5-16(13)20/h2-5,8,10,20H,6-7,9,18H2,1H3. The average molecular weight is 282 g/mol. The minimum atomic E-state index is -0.0153. The Bertz CT molecular complexity index is 710. The maximum absolute atomic E-state index is 12.5. The number of hydrogen-bond donors (Lipinski definition) is 2. The van der Waals surface area contributed by atoms with E-state index in [1.54, 1.807) is 23.1 Å².